The number of benzene rings is 1. The summed E-state index contributed by atoms with van der Waals surface area (Å²) in [5, 5.41) is 17.9. The van der Waals surface area contributed by atoms with Gasteiger partial charge in [-0.25, -0.2) is 4.79 Å². The number of hydrogen-bond acceptors (Lipinski definition) is 5. The van der Waals surface area contributed by atoms with Gasteiger partial charge >= 0.3 is 5.97 Å². The molecule has 5 heteroatoms. The highest BCUT2D eigenvalue weighted by atomic mass is 16.6. The van der Waals surface area contributed by atoms with Gasteiger partial charge in [0.05, 0.1) is 6.61 Å². The van der Waals surface area contributed by atoms with Crippen LogP contribution in [0.1, 0.15) is 19.4 Å². The van der Waals surface area contributed by atoms with Crippen molar-refractivity contribution in [3.05, 3.63) is 35.4 Å². The Bertz CT molecular complexity index is 497. The van der Waals surface area contributed by atoms with Gasteiger partial charge in [-0.1, -0.05) is 12.1 Å². The SMILES string of the molecule is CCOC(=O)/C(C#N)=C\c1ccc(OC(C)O)cc1. The van der Waals surface area contributed by atoms with E-state index in [0.29, 0.717) is 11.3 Å². The molecule has 5 nitrogen and oxygen atoms in total. The summed E-state index contributed by atoms with van der Waals surface area (Å²) in [5.41, 5.74) is 0.605. The molecular weight excluding hydrogens is 246 g/mol. The highest BCUT2D eigenvalue weighted by Gasteiger charge is 2.09. The van der Waals surface area contributed by atoms with Gasteiger partial charge in [0.15, 0.2) is 6.29 Å². The summed E-state index contributed by atoms with van der Waals surface area (Å²) in [4.78, 5) is 11.4. The molecule has 1 aromatic rings. The van der Waals surface area contributed by atoms with Crippen molar-refractivity contribution in [2.75, 3.05) is 6.61 Å². The highest BCUT2D eigenvalue weighted by Crippen LogP contribution is 2.15. The fourth-order valence-electron chi connectivity index (χ4n) is 1.35. The van der Waals surface area contributed by atoms with Gasteiger partial charge in [-0.05, 0) is 37.6 Å². The van der Waals surface area contributed by atoms with Crippen LogP contribution in [0.5, 0.6) is 5.75 Å². The van der Waals surface area contributed by atoms with E-state index in [4.69, 9.17) is 19.8 Å². The zero-order valence-corrected chi connectivity index (χ0v) is 10.8. The molecule has 0 radical (unpaired) electrons. The second kappa shape index (κ2) is 7.19. The predicted octanol–water partition coefficient (Wildman–Crippen LogP) is 1.87. The Kier molecular flexibility index (Phi) is 5.58. The Hall–Kier alpha value is -2.32. The molecule has 0 saturated carbocycles. The molecule has 0 amide bonds. The Labute approximate surface area is 111 Å². The second-order valence-corrected chi connectivity index (χ2v) is 3.68. The highest BCUT2D eigenvalue weighted by molar-refractivity contribution is 5.97. The van der Waals surface area contributed by atoms with Crippen LogP contribution in [-0.4, -0.2) is 24.0 Å². The van der Waals surface area contributed by atoms with Crippen LogP contribution >= 0.6 is 0 Å². The minimum Gasteiger partial charge on any atom is -0.465 e. The first kappa shape index (κ1) is 14.7. The number of ether oxygens (including phenoxy) is 2. The Morgan fingerprint density at radius 2 is 2.11 bits per heavy atom. The topological polar surface area (TPSA) is 79.6 Å². The molecule has 1 rings (SSSR count). The van der Waals surface area contributed by atoms with Gasteiger partial charge < -0.3 is 14.6 Å². The molecule has 100 valence electrons. The number of nitrogens with zero attached hydrogens (tertiary/aromatic N) is 1. The molecule has 0 heterocycles. The van der Waals surface area contributed by atoms with Crippen LogP contribution in [-0.2, 0) is 9.53 Å². The molecule has 0 fully saturated rings. The minimum atomic E-state index is -0.893. The third-order valence-electron chi connectivity index (χ3n) is 2.11. The fourth-order valence-corrected chi connectivity index (χ4v) is 1.35. The van der Waals surface area contributed by atoms with E-state index in [1.165, 1.54) is 13.0 Å². The molecule has 1 atom stereocenters. The van der Waals surface area contributed by atoms with E-state index in [1.807, 2.05) is 0 Å². The van der Waals surface area contributed by atoms with Crippen molar-refractivity contribution in [1.29, 1.82) is 5.26 Å². The van der Waals surface area contributed by atoms with Crippen LogP contribution in [0.2, 0.25) is 0 Å². The van der Waals surface area contributed by atoms with Crippen molar-refractivity contribution in [3.63, 3.8) is 0 Å². The third kappa shape index (κ3) is 4.82. The van der Waals surface area contributed by atoms with Crippen LogP contribution in [0, 0.1) is 11.3 Å². The molecule has 0 spiro atoms. The number of aliphatic hydroxyl groups is 1. The monoisotopic (exact) mass is 261 g/mol. The van der Waals surface area contributed by atoms with E-state index in [0.717, 1.165) is 0 Å². The molecule has 1 unspecified atom stereocenters. The molecule has 1 aromatic carbocycles. The number of nitriles is 1. The third-order valence-corrected chi connectivity index (χ3v) is 2.11. The van der Waals surface area contributed by atoms with Crippen LogP contribution in [0.3, 0.4) is 0 Å². The van der Waals surface area contributed by atoms with Crippen molar-refractivity contribution in [2.45, 2.75) is 20.1 Å². The normalized spacial score (nSPS) is 12.4. The number of carbonyl (C=O) groups is 1. The summed E-state index contributed by atoms with van der Waals surface area (Å²) < 4.78 is 9.82. The molecule has 0 bridgehead atoms. The molecular formula is C14H15NO4. The van der Waals surface area contributed by atoms with Gasteiger partial charge in [0.25, 0.3) is 0 Å². The lowest BCUT2D eigenvalue weighted by molar-refractivity contribution is -0.137. The lowest BCUT2D eigenvalue weighted by atomic mass is 10.1. The summed E-state index contributed by atoms with van der Waals surface area (Å²) in [6, 6.07) is 8.42. The number of hydrogen-bond donors (Lipinski definition) is 1. The average Bonchev–Trinajstić information content (AvgIpc) is 2.37. The molecule has 0 aliphatic carbocycles. The lowest BCUT2D eigenvalue weighted by Crippen LogP contribution is -2.09. The van der Waals surface area contributed by atoms with E-state index < -0.39 is 12.3 Å². The summed E-state index contributed by atoms with van der Waals surface area (Å²) in [5.74, 6) is -0.143. The quantitative estimate of drug-likeness (QED) is 0.379. The second-order valence-electron chi connectivity index (χ2n) is 3.68. The standard InChI is InChI=1S/C14H15NO4/c1-3-18-14(17)12(9-15)8-11-4-6-13(7-5-11)19-10(2)16/h4-8,10,16H,3H2,1-2H3/b12-8-. The lowest BCUT2D eigenvalue weighted by Gasteiger charge is -2.08. The first-order chi connectivity index (χ1) is 9.06. The van der Waals surface area contributed by atoms with Crippen LogP contribution < -0.4 is 4.74 Å². The van der Waals surface area contributed by atoms with E-state index in [1.54, 1.807) is 37.3 Å². The van der Waals surface area contributed by atoms with Gasteiger partial charge in [-0.15, -0.1) is 0 Å². The number of esters is 1. The molecule has 0 aliphatic heterocycles. The van der Waals surface area contributed by atoms with Gasteiger partial charge in [-0.2, -0.15) is 5.26 Å². The Morgan fingerprint density at radius 3 is 2.58 bits per heavy atom. The van der Waals surface area contributed by atoms with Crippen molar-refractivity contribution in [3.8, 4) is 11.8 Å². The fraction of sp³-hybridized carbons (Fsp3) is 0.286. The largest absolute Gasteiger partial charge is 0.465 e. The maximum absolute atomic E-state index is 11.4. The smallest absolute Gasteiger partial charge is 0.348 e. The minimum absolute atomic E-state index is 0.0638. The first-order valence-electron chi connectivity index (χ1n) is 5.80. The number of carbonyl (C=O) groups excluding carboxylic acids is 1. The predicted molar refractivity (Wildman–Crippen MR) is 69.0 cm³/mol. The van der Waals surface area contributed by atoms with E-state index in [9.17, 15) is 4.79 Å². The number of rotatable bonds is 5. The van der Waals surface area contributed by atoms with Crippen molar-refractivity contribution in [1.82, 2.24) is 0 Å². The Balaban J connectivity index is 2.85. The first-order valence-corrected chi connectivity index (χ1v) is 5.80. The summed E-state index contributed by atoms with van der Waals surface area (Å²) in [7, 11) is 0. The maximum atomic E-state index is 11.4. The zero-order valence-electron chi connectivity index (χ0n) is 10.8. The molecule has 0 aliphatic rings. The Morgan fingerprint density at radius 1 is 1.47 bits per heavy atom. The number of aliphatic hydroxyl groups excluding tert-OH is 1. The average molecular weight is 261 g/mol. The van der Waals surface area contributed by atoms with Crippen LogP contribution in [0.15, 0.2) is 29.8 Å². The van der Waals surface area contributed by atoms with Crippen molar-refractivity contribution < 1.29 is 19.4 Å². The van der Waals surface area contributed by atoms with Crippen LogP contribution in [0.4, 0.5) is 0 Å². The summed E-state index contributed by atoms with van der Waals surface area (Å²) in [6.07, 6.45) is 0.542. The maximum Gasteiger partial charge on any atom is 0.348 e. The molecule has 19 heavy (non-hydrogen) atoms. The van der Waals surface area contributed by atoms with E-state index >= 15 is 0 Å². The summed E-state index contributed by atoms with van der Waals surface area (Å²) >= 11 is 0. The van der Waals surface area contributed by atoms with E-state index in [2.05, 4.69) is 0 Å². The van der Waals surface area contributed by atoms with Crippen LogP contribution in [0.25, 0.3) is 6.08 Å². The molecule has 1 N–H and O–H groups in total. The van der Waals surface area contributed by atoms with E-state index in [-0.39, 0.29) is 12.2 Å². The van der Waals surface area contributed by atoms with Crippen molar-refractivity contribution >= 4 is 12.0 Å². The van der Waals surface area contributed by atoms with Crippen molar-refractivity contribution in [2.24, 2.45) is 0 Å². The zero-order chi connectivity index (χ0) is 14.3. The van der Waals surface area contributed by atoms with Gasteiger partial charge in [-0.3, -0.25) is 0 Å². The summed E-state index contributed by atoms with van der Waals surface area (Å²) in [6.45, 7) is 3.40. The molecule has 0 aromatic heterocycles. The van der Waals surface area contributed by atoms with Gasteiger partial charge in [0.2, 0.25) is 0 Å². The van der Waals surface area contributed by atoms with Gasteiger partial charge in [0.1, 0.15) is 17.4 Å². The molecule has 0 saturated heterocycles. The van der Waals surface area contributed by atoms with Gasteiger partial charge in [0, 0.05) is 0 Å².